The third-order valence-electron chi connectivity index (χ3n) is 3.31. The van der Waals surface area contributed by atoms with Crippen LogP contribution < -0.4 is 5.32 Å². The van der Waals surface area contributed by atoms with Crippen molar-refractivity contribution in [3.8, 4) is 0 Å². The fourth-order valence-corrected chi connectivity index (χ4v) is 3.56. The zero-order valence-corrected chi connectivity index (χ0v) is 15.8. The molecule has 0 saturated carbocycles. The predicted octanol–water partition coefficient (Wildman–Crippen LogP) is 4.19. The molecule has 2 rings (SSSR count). The van der Waals surface area contributed by atoms with Gasteiger partial charge in [-0.05, 0) is 30.7 Å². The van der Waals surface area contributed by atoms with Crippen molar-refractivity contribution in [2.75, 3.05) is 19.5 Å². The van der Waals surface area contributed by atoms with Crippen molar-refractivity contribution in [1.82, 2.24) is 0 Å². The van der Waals surface area contributed by atoms with Crippen LogP contribution in [0.2, 0.25) is 10.0 Å². The molecular weight excluding hydrogens is 389 g/mol. The Hall–Kier alpha value is -2.09. The number of hydrogen-bond acceptors (Lipinski definition) is 6. The maximum atomic E-state index is 12.5. The first kappa shape index (κ1) is 19.2. The summed E-state index contributed by atoms with van der Waals surface area (Å²) in [5, 5.41) is 3.27. The number of carbonyl (C=O) groups is 3. The molecule has 6 nitrogen and oxygen atoms in total. The van der Waals surface area contributed by atoms with Gasteiger partial charge in [-0.2, -0.15) is 0 Å². The Labute approximate surface area is 157 Å². The van der Waals surface area contributed by atoms with Gasteiger partial charge in [-0.15, -0.1) is 11.3 Å². The molecule has 0 aliphatic rings. The van der Waals surface area contributed by atoms with Crippen molar-refractivity contribution in [3.63, 3.8) is 0 Å². The highest BCUT2D eigenvalue weighted by Gasteiger charge is 2.27. The SMILES string of the molecule is COC(=O)c1sc(NC(=O)c2cc(Cl)ccc2Cl)c(C(=O)OC)c1C. The topological polar surface area (TPSA) is 81.7 Å². The molecule has 0 unspecified atom stereocenters. The van der Waals surface area contributed by atoms with E-state index in [2.05, 4.69) is 5.32 Å². The van der Waals surface area contributed by atoms with Crippen molar-refractivity contribution in [3.05, 3.63) is 49.8 Å². The normalized spacial score (nSPS) is 10.3. The number of methoxy groups -OCH3 is 2. The number of esters is 2. The average molecular weight is 402 g/mol. The van der Waals surface area contributed by atoms with Gasteiger partial charge in [0.1, 0.15) is 9.88 Å². The Kier molecular flexibility index (Phi) is 6.05. The molecule has 0 saturated heterocycles. The van der Waals surface area contributed by atoms with Crippen LogP contribution in [0.4, 0.5) is 5.00 Å². The number of amides is 1. The first-order valence-electron chi connectivity index (χ1n) is 6.86. The number of carbonyl (C=O) groups excluding carboxylic acids is 3. The summed E-state index contributed by atoms with van der Waals surface area (Å²) in [5.41, 5.74) is 0.575. The van der Waals surface area contributed by atoms with Gasteiger partial charge in [-0.25, -0.2) is 9.59 Å². The van der Waals surface area contributed by atoms with Gasteiger partial charge in [0, 0.05) is 5.02 Å². The molecule has 0 radical (unpaired) electrons. The highest BCUT2D eigenvalue weighted by atomic mass is 35.5. The van der Waals surface area contributed by atoms with Crippen molar-refractivity contribution in [2.24, 2.45) is 0 Å². The van der Waals surface area contributed by atoms with E-state index >= 15 is 0 Å². The van der Waals surface area contributed by atoms with E-state index in [1.807, 2.05) is 0 Å². The van der Waals surface area contributed by atoms with E-state index in [1.54, 1.807) is 13.0 Å². The van der Waals surface area contributed by atoms with Crippen LogP contribution >= 0.6 is 34.5 Å². The number of nitrogens with one attached hydrogen (secondary N) is 1. The summed E-state index contributed by atoms with van der Waals surface area (Å²) in [6, 6.07) is 4.43. The maximum absolute atomic E-state index is 12.5. The highest BCUT2D eigenvalue weighted by molar-refractivity contribution is 7.18. The Morgan fingerprint density at radius 2 is 1.72 bits per heavy atom. The van der Waals surface area contributed by atoms with Gasteiger partial charge in [-0.1, -0.05) is 23.2 Å². The van der Waals surface area contributed by atoms with Gasteiger partial charge >= 0.3 is 11.9 Å². The lowest BCUT2D eigenvalue weighted by Gasteiger charge is -2.07. The highest BCUT2D eigenvalue weighted by Crippen LogP contribution is 2.35. The van der Waals surface area contributed by atoms with Crippen LogP contribution in [0.3, 0.4) is 0 Å². The van der Waals surface area contributed by atoms with Gasteiger partial charge in [0.05, 0.1) is 30.4 Å². The molecule has 1 amide bonds. The molecule has 1 heterocycles. The van der Waals surface area contributed by atoms with E-state index in [0.717, 1.165) is 11.3 Å². The Bertz CT molecular complexity index is 862. The first-order chi connectivity index (χ1) is 11.8. The lowest BCUT2D eigenvalue weighted by atomic mass is 10.1. The number of hydrogen-bond donors (Lipinski definition) is 1. The molecule has 0 atom stereocenters. The minimum atomic E-state index is -0.684. The molecule has 2 aromatic rings. The second kappa shape index (κ2) is 7.86. The molecule has 0 spiro atoms. The molecule has 0 fully saturated rings. The predicted molar refractivity (Wildman–Crippen MR) is 96.2 cm³/mol. The van der Waals surface area contributed by atoms with Crippen LogP contribution in [0.25, 0.3) is 0 Å². The van der Waals surface area contributed by atoms with Gasteiger partial charge < -0.3 is 14.8 Å². The maximum Gasteiger partial charge on any atom is 0.348 e. The molecule has 25 heavy (non-hydrogen) atoms. The quantitative estimate of drug-likeness (QED) is 0.776. The van der Waals surface area contributed by atoms with Crippen LogP contribution in [-0.4, -0.2) is 32.1 Å². The minimum absolute atomic E-state index is 0.0828. The third kappa shape index (κ3) is 3.95. The van der Waals surface area contributed by atoms with Crippen molar-refractivity contribution in [2.45, 2.75) is 6.92 Å². The summed E-state index contributed by atoms with van der Waals surface area (Å²) < 4.78 is 9.42. The van der Waals surface area contributed by atoms with E-state index in [1.165, 1.54) is 26.4 Å². The second-order valence-electron chi connectivity index (χ2n) is 4.82. The molecule has 0 aliphatic carbocycles. The van der Waals surface area contributed by atoms with Crippen LogP contribution in [0.1, 0.15) is 36.0 Å². The standard InChI is InChI=1S/C16H13Cl2NO5S/c1-7-11(15(21)23-2)14(25-12(7)16(22)24-3)19-13(20)9-6-8(17)4-5-10(9)18/h4-6H,1-3H3,(H,19,20). The molecule has 0 bridgehead atoms. The van der Waals surface area contributed by atoms with E-state index in [9.17, 15) is 14.4 Å². The Morgan fingerprint density at radius 1 is 1.08 bits per heavy atom. The number of anilines is 1. The van der Waals surface area contributed by atoms with E-state index in [-0.39, 0.29) is 26.0 Å². The number of benzene rings is 1. The molecular formula is C16H13Cl2NO5S. The number of thiophene rings is 1. The Morgan fingerprint density at radius 3 is 2.32 bits per heavy atom. The fourth-order valence-electron chi connectivity index (χ4n) is 2.08. The first-order valence-corrected chi connectivity index (χ1v) is 8.43. The van der Waals surface area contributed by atoms with Crippen molar-refractivity contribution < 1.29 is 23.9 Å². The van der Waals surface area contributed by atoms with Crippen LogP contribution in [-0.2, 0) is 9.47 Å². The zero-order chi connectivity index (χ0) is 18.7. The lowest BCUT2D eigenvalue weighted by Crippen LogP contribution is -2.14. The summed E-state index contributed by atoms with van der Waals surface area (Å²) in [5.74, 6) is -1.87. The summed E-state index contributed by atoms with van der Waals surface area (Å²) in [7, 11) is 2.43. The molecule has 1 aromatic carbocycles. The lowest BCUT2D eigenvalue weighted by molar-refractivity contribution is 0.0601. The van der Waals surface area contributed by atoms with E-state index in [0.29, 0.717) is 10.6 Å². The van der Waals surface area contributed by atoms with Crippen molar-refractivity contribution >= 4 is 57.4 Å². The smallest absolute Gasteiger partial charge is 0.348 e. The summed E-state index contributed by atoms with van der Waals surface area (Å²) in [4.78, 5) is 36.6. The van der Waals surface area contributed by atoms with Crippen molar-refractivity contribution in [1.29, 1.82) is 0 Å². The largest absolute Gasteiger partial charge is 0.465 e. The number of halogens is 2. The molecule has 132 valence electrons. The summed E-state index contributed by atoms with van der Waals surface area (Å²) in [6.45, 7) is 1.57. The van der Waals surface area contributed by atoms with Gasteiger partial charge in [0.15, 0.2) is 0 Å². The van der Waals surface area contributed by atoms with Crippen LogP contribution in [0.15, 0.2) is 18.2 Å². The summed E-state index contributed by atoms with van der Waals surface area (Å²) in [6.07, 6.45) is 0. The third-order valence-corrected chi connectivity index (χ3v) is 5.06. The zero-order valence-electron chi connectivity index (χ0n) is 13.4. The van der Waals surface area contributed by atoms with Gasteiger partial charge in [0.2, 0.25) is 0 Å². The fraction of sp³-hybridized carbons (Fsp3) is 0.188. The molecule has 0 aliphatic heterocycles. The van der Waals surface area contributed by atoms with Gasteiger partial charge in [0.25, 0.3) is 5.91 Å². The van der Waals surface area contributed by atoms with E-state index in [4.69, 9.17) is 32.7 Å². The molecule has 1 aromatic heterocycles. The molecule has 1 N–H and O–H groups in total. The second-order valence-corrected chi connectivity index (χ2v) is 6.69. The number of rotatable bonds is 4. The average Bonchev–Trinajstić information content (AvgIpc) is 2.91. The minimum Gasteiger partial charge on any atom is -0.465 e. The van der Waals surface area contributed by atoms with Crippen LogP contribution in [0, 0.1) is 6.92 Å². The monoisotopic (exact) mass is 401 g/mol. The molecule has 9 heteroatoms. The van der Waals surface area contributed by atoms with Crippen LogP contribution in [0.5, 0.6) is 0 Å². The van der Waals surface area contributed by atoms with E-state index < -0.39 is 17.8 Å². The Balaban J connectivity index is 2.47. The number of ether oxygens (including phenoxy) is 2. The van der Waals surface area contributed by atoms with Gasteiger partial charge in [-0.3, -0.25) is 4.79 Å². The summed E-state index contributed by atoms with van der Waals surface area (Å²) >= 11 is 12.8.